The lowest BCUT2D eigenvalue weighted by atomic mass is 10.1. The van der Waals surface area contributed by atoms with E-state index in [0.717, 1.165) is 69.4 Å². The molecule has 1 aromatic carbocycles. The summed E-state index contributed by atoms with van der Waals surface area (Å²) in [7, 11) is 1.77. The van der Waals surface area contributed by atoms with Crippen molar-refractivity contribution in [1.29, 1.82) is 0 Å². The van der Waals surface area contributed by atoms with Crippen LogP contribution >= 0.6 is 0 Å². The molecule has 1 aliphatic heterocycles. The predicted octanol–water partition coefficient (Wildman–Crippen LogP) is 1.17. The molecule has 1 aromatic rings. The van der Waals surface area contributed by atoms with E-state index >= 15 is 0 Å². The standard InChI is InChI=1S/C17H27FN4O/c1-14-13-16(18)4-3-15(14)5-6-20-17(19-2)21-7-8-22-9-11-23-12-10-22/h3-4,13H,5-12H2,1-2H3,(H2,19,20,21). The Bertz CT molecular complexity index is 515. The van der Waals surface area contributed by atoms with Crippen LogP contribution in [0, 0.1) is 12.7 Å². The molecule has 1 fully saturated rings. The number of ether oxygens (including phenoxy) is 1. The van der Waals surface area contributed by atoms with Crippen LogP contribution in [0.15, 0.2) is 23.2 Å². The van der Waals surface area contributed by atoms with Crippen molar-refractivity contribution in [2.24, 2.45) is 4.99 Å². The minimum atomic E-state index is -0.181. The smallest absolute Gasteiger partial charge is 0.191 e. The maximum absolute atomic E-state index is 13.1. The molecule has 0 atom stereocenters. The first-order valence-electron chi connectivity index (χ1n) is 8.18. The first kappa shape index (κ1) is 17.7. The zero-order valence-corrected chi connectivity index (χ0v) is 14.1. The zero-order chi connectivity index (χ0) is 16.5. The van der Waals surface area contributed by atoms with Crippen LogP contribution in [0.3, 0.4) is 0 Å². The van der Waals surface area contributed by atoms with E-state index in [1.807, 2.05) is 13.0 Å². The number of halogens is 1. The van der Waals surface area contributed by atoms with Gasteiger partial charge in [0.15, 0.2) is 5.96 Å². The minimum absolute atomic E-state index is 0.181. The molecule has 128 valence electrons. The van der Waals surface area contributed by atoms with Crippen molar-refractivity contribution in [2.75, 3.05) is 53.0 Å². The molecule has 0 bridgehead atoms. The summed E-state index contributed by atoms with van der Waals surface area (Å²) in [6.45, 7) is 8.19. The molecule has 2 rings (SSSR count). The monoisotopic (exact) mass is 322 g/mol. The van der Waals surface area contributed by atoms with Crippen LogP contribution in [-0.4, -0.2) is 63.8 Å². The third-order valence-corrected chi connectivity index (χ3v) is 4.04. The number of benzene rings is 1. The first-order chi connectivity index (χ1) is 11.2. The molecule has 0 amide bonds. The van der Waals surface area contributed by atoms with Crippen molar-refractivity contribution in [3.8, 4) is 0 Å². The van der Waals surface area contributed by atoms with Crippen LogP contribution in [-0.2, 0) is 11.2 Å². The van der Waals surface area contributed by atoms with Gasteiger partial charge in [-0.2, -0.15) is 0 Å². The average Bonchev–Trinajstić information content (AvgIpc) is 2.56. The molecule has 23 heavy (non-hydrogen) atoms. The summed E-state index contributed by atoms with van der Waals surface area (Å²) in [4.78, 5) is 6.61. The Kier molecular flexibility index (Phi) is 7.29. The fraction of sp³-hybridized carbons (Fsp3) is 0.588. The number of aryl methyl sites for hydroxylation is 1. The van der Waals surface area contributed by atoms with Crippen LogP contribution in [0.25, 0.3) is 0 Å². The van der Waals surface area contributed by atoms with Gasteiger partial charge in [-0.3, -0.25) is 9.89 Å². The number of hydrogen-bond donors (Lipinski definition) is 2. The van der Waals surface area contributed by atoms with Crippen LogP contribution in [0.5, 0.6) is 0 Å². The van der Waals surface area contributed by atoms with E-state index in [0.29, 0.717) is 0 Å². The van der Waals surface area contributed by atoms with Gasteiger partial charge in [0, 0.05) is 39.8 Å². The van der Waals surface area contributed by atoms with Gasteiger partial charge in [0.05, 0.1) is 13.2 Å². The topological polar surface area (TPSA) is 48.9 Å². The Hall–Kier alpha value is -1.66. The average molecular weight is 322 g/mol. The lowest BCUT2D eigenvalue weighted by Crippen LogP contribution is -2.44. The second-order valence-corrected chi connectivity index (χ2v) is 5.70. The number of nitrogens with one attached hydrogen (secondary N) is 2. The quantitative estimate of drug-likeness (QED) is 0.610. The highest BCUT2D eigenvalue weighted by Crippen LogP contribution is 2.10. The van der Waals surface area contributed by atoms with Crippen LogP contribution in [0.1, 0.15) is 11.1 Å². The Morgan fingerprint density at radius 2 is 2.00 bits per heavy atom. The van der Waals surface area contributed by atoms with Crippen molar-refractivity contribution in [3.05, 3.63) is 35.1 Å². The molecule has 0 spiro atoms. The van der Waals surface area contributed by atoms with Gasteiger partial charge < -0.3 is 15.4 Å². The molecule has 1 aliphatic rings. The highest BCUT2D eigenvalue weighted by atomic mass is 19.1. The summed E-state index contributed by atoms with van der Waals surface area (Å²) in [5.41, 5.74) is 2.14. The van der Waals surface area contributed by atoms with E-state index in [9.17, 15) is 4.39 Å². The van der Waals surface area contributed by atoms with Gasteiger partial charge in [-0.25, -0.2) is 4.39 Å². The normalized spacial score (nSPS) is 16.4. The van der Waals surface area contributed by atoms with Gasteiger partial charge in [0.2, 0.25) is 0 Å². The lowest BCUT2D eigenvalue weighted by molar-refractivity contribution is 0.0389. The minimum Gasteiger partial charge on any atom is -0.379 e. The van der Waals surface area contributed by atoms with Crippen molar-refractivity contribution >= 4 is 5.96 Å². The molecule has 1 heterocycles. The third-order valence-electron chi connectivity index (χ3n) is 4.04. The van der Waals surface area contributed by atoms with E-state index in [-0.39, 0.29) is 5.82 Å². The van der Waals surface area contributed by atoms with Gasteiger partial charge in [-0.05, 0) is 36.6 Å². The van der Waals surface area contributed by atoms with Gasteiger partial charge in [0.25, 0.3) is 0 Å². The Morgan fingerprint density at radius 3 is 2.70 bits per heavy atom. The molecule has 2 N–H and O–H groups in total. The number of rotatable bonds is 6. The summed E-state index contributed by atoms with van der Waals surface area (Å²) in [5.74, 6) is 0.623. The van der Waals surface area contributed by atoms with Gasteiger partial charge in [0.1, 0.15) is 5.82 Å². The number of hydrogen-bond acceptors (Lipinski definition) is 3. The van der Waals surface area contributed by atoms with E-state index in [1.165, 1.54) is 6.07 Å². The van der Waals surface area contributed by atoms with Crippen molar-refractivity contribution in [1.82, 2.24) is 15.5 Å². The van der Waals surface area contributed by atoms with Crippen molar-refractivity contribution in [3.63, 3.8) is 0 Å². The molecule has 0 saturated carbocycles. The first-order valence-corrected chi connectivity index (χ1v) is 8.18. The molecule has 1 saturated heterocycles. The number of guanidine groups is 1. The molecule has 0 aliphatic carbocycles. The molecule has 0 radical (unpaired) electrons. The van der Waals surface area contributed by atoms with Crippen molar-refractivity contribution < 1.29 is 9.13 Å². The van der Waals surface area contributed by atoms with Gasteiger partial charge >= 0.3 is 0 Å². The number of nitrogens with zero attached hydrogens (tertiary/aromatic N) is 2. The SMILES string of the molecule is CN=C(NCCc1ccc(F)cc1C)NCCN1CCOCC1. The summed E-state index contributed by atoms with van der Waals surface area (Å²) in [5, 5.41) is 6.62. The second-order valence-electron chi connectivity index (χ2n) is 5.70. The Balaban J connectivity index is 1.66. The Morgan fingerprint density at radius 1 is 1.26 bits per heavy atom. The van der Waals surface area contributed by atoms with Crippen LogP contribution < -0.4 is 10.6 Å². The molecule has 0 unspecified atom stereocenters. The largest absolute Gasteiger partial charge is 0.379 e. The maximum atomic E-state index is 13.1. The molecule has 5 nitrogen and oxygen atoms in total. The van der Waals surface area contributed by atoms with E-state index < -0.39 is 0 Å². The zero-order valence-electron chi connectivity index (χ0n) is 14.1. The summed E-state index contributed by atoms with van der Waals surface area (Å²) in [6.07, 6.45) is 0.844. The summed E-state index contributed by atoms with van der Waals surface area (Å²) in [6, 6.07) is 4.93. The molecule has 6 heteroatoms. The second kappa shape index (κ2) is 9.47. The number of morpholine rings is 1. The third kappa shape index (κ3) is 6.15. The highest BCUT2D eigenvalue weighted by molar-refractivity contribution is 5.79. The van der Waals surface area contributed by atoms with Gasteiger partial charge in [-0.15, -0.1) is 0 Å². The molecular formula is C17H27FN4O. The molecular weight excluding hydrogens is 295 g/mol. The van der Waals surface area contributed by atoms with E-state index in [2.05, 4.69) is 20.5 Å². The lowest BCUT2D eigenvalue weighted by Gasteiger charge is -2.26. The summed E-state index contributed by atoms with van der Waals surface area (Å²) >= 11 is 0. The fourth-order valence-corrected chi connectivity index (χ4v) is 2.63. The maximum Gasteiger partial charge on any atom is 0.191 e. The van der Waals surface area contributed by atoms with E-state index in [4.69, 9.17) is 4.74 Å². The van der Waals surface area contributed by atoms with Crippen LogP contribution in [0.4, 0.5) is 4.39 Å². The predicted molar refractivity (Wildman–Crippen MR) is 91.5 cm³/mol. The van der Waals surface area contributed by atoms with Crippen molar-refractivity contribution in [2.45, 2.75) is 13.3 Å². The van der Waals surface area contributed by atoms with Gasteiger partial charge in [-0.1, -0.05) is 6.07 Å². The Labute approximate surface area is 137 Å². The molecule has 0 aromatic heterocycles. The van der Waals surface area contributed by atoms with E-state index in [1.54, 1.807) is 13.1 Å². The number of aliphatic imine (C=N–C) groups is 1. The fourth-order valence-electron chi connectivity index (χ4n) is 2.63. The highest BCUT2D eigenvalue weighted by Gasteiger charge is 2.09. The van der Waals surface area contributed by atoms with Crippen LogP contribution in [0.2, 0.25) is 0 Å². The summed E-state index contributed by atoms with van der Waals surface area (Å²) < 4.78 is 18.4.